The Kier molecular flexibility index (Phi) is 8.29. The van der Waals surface area contributed by atoms with Crippen LogP contribution >= 0.6 is 0 Å². The summed E-state index contributed by atoms with van der Waals surface area (Å²) in [7, 11) is 0. The molecular formula is C25H38N2O2. The van der Waals surface area contributed by atoms with E-state index >= 15 is 0 Å². The first kappa shape index (κ1) is 22.0. The fourth-order valence-corrected chi connectivity index (χ4v) is 4.88. The van der Waals surface area contributed by atoms with Gasteiger partial charge in [-0.2, -0.15) is 0 Å². The van der Waals surface area contributed by atoms with E-state index < -0.39 is 0 Å². The minimum atomic E-state index is -0.357. The lowest BCUT2D eigenvalue weighted by molar-refractivity contribution is -0.129. The second-order valence-electron chi connectivity index (χ2n) is 9.49. The highest BCUT2D eigenvalue weighted by Gasteiger charge is 2.25. The van der Waals surface area contributed by atoms with Gasteiger partial charge in [-0.15, -0.1) is 0 Å². The van der Waals surface area contributed by atoms with E-state index in [4.69, 9.17) is 0 Å². The van der Waals surface area contributed by atoms with Gasteiger partial charge in [0, 0.05) is 13.0 Å². The molecule has 1 aromatic rings. The number of hydrogen-bond acceptors (Lipinski definition) is 3. The van der Waals surface area contributed by atoms with Gasteiger partial charge in [0.25, 0.3) is 0 Å². The average Bonchev–Trinajstić information content (AvgIpc) is 3.12. The van der Waals surface area contributed by atoms with Gasteiger partial charge in [-0.1, -0.05) is 63.8 Å². The lowest BCUT2D eigenvalue weighted by atomic mass is 9.98. The molecule has 0 radical (unpaired) electrons. The van der Waals surface area contributed by atoms with Gasteiger partial charge in [-0.25, -0.2) is 0 Å². The van der Waals surface area contributed by atoms with Gasteiger partial charge < -0.3 is 5.32 Å². The predicted molar refractivity (Wildman–Crippen MR) is 118 cm³/mol. The molecule has 2 aliphatic rings. The van der Waals surface area contributed by atoms with E-state index in [0.29, 0.717) is 24.8 Å². The summed E-state index contributed by atoms with van der Waals surface area (Å²) in [4.78, 5) is 27.9. The molecule has 3 rings (SSSR count). The number of benzene rings is 1. The van der Waals surface area contributed by atoms with Crippen molar-refractivity contribution in [2.45, 2.75) is 84.2 Å². The summed E-state index contributed by atoms with van der Waals surface area (Å²) in [6.07, 6.45) is 9.54. The highest BCUT2D eigenvalue weighted by Crippen LogP contribution is 2.28. The molecule has 0 unspecified atom stereocenters. The van der Waals surface area contributed by atoms with Gasteiger partial charge in [-0.3, -0.25) is 14.5 Å². The smallest absolute Gasteiger partial charge is 0.220 e. The molecule has 1 amide bonds. The number of hydrogen-bond donors (Lipinski definition) is 1. The summed E-state index contributed by atoms with van der Waals surface area (Å²) >= 11 is 0. The lowest BCUT2D eigenvalue weighted by Gasteiger charge is -2.25. The monoisotopic (exact) mass is 398 g/mol. The van der Waals surface area contributed by atoms with Crippen molar-refractivity contribution in [3.8, 4) is 0 Å². The minimum Gasteiger partial charge on any atom is -0.346 e. The number of ketones is 1. The zero-order chi connectivity index (χ0) is 20.6. The van der Waals surface area contributed by atoms with E-state index in [9.17, 15) is 9.59 Å². The summed E-state index contributed by atoms with van der Waals surface area (Å²) in [6.45, 7) is 6.42. The van der Waals surface area contributed by atoms with Crippen molar-refractivity contribution in [1.29, 1.82) is 0 Å². The Morgan fingerprint density at radius 3 is 2.55 bits per heavy atom. The van der Waals surface area contributed by atoms with Crippen molar-refractivity contribution >= 4 is 11.7 Å². The number of carbonyl (C=O) groups excluding carboxylic acids is 2. The molecule has 4 nitrogen and oxygen atoms in total. The van der Waals surface area contributed by atoms with Crippen LogP contribution in [0.25, 0.3) is 0 Å². The Bertz CT molecular complexity index is 679. The fraction of sp³-hybridized carbons (Fsp3) is 0.680. The predicted octanol–water partition coefficient (Wildman–Crippen LogP) is 4.51. The molecule has 1 atom stereocenters. The maximum Gasteiger partial charge on any atom is 0.220 e. The number of Topliss-reactive ketones (excluding diaryl/α,β-unsaturated/α-hetero) is 1. The number of aryl methyl sites for hydroxylation is 1. The van der Waals surface area contributed by atoms with Gasteiger partial charge in [0.2, 0.25) is 5.91 Å². The van der Waals surface area contributed by atoms with Crippen molar-refractivity contribution in [1.82, 2.24) is 10.2 Å². The third-order valence-corrected chi connectivity index (χ3v) is 6.50. The maximum absolute atomic E-state index is 13.1. The van der Waals surface area contributed by atoms with E-state index in [1.807, 2.05) is 0 Å². The number of nitrogens with zero attached hydrogens (tertiary/aromatic N) is 1. The van der Waals surface area contributed by atoms with Crippen LogP contribution in [-0.2, 0) is 22.6 Å². The van der Waals surface area contributed by atoms with Gasteiger partial charge in [0.15, 0.2) is 5.78 Å². The normalized spacial score (nSPS) is 19.0. The minimum absolute atomic E-state index is 0.0529. The van der Waals surface area contributed by atoms with Gasteiger partial charge in [0.05, 0.1) is 12.6 Å². The summed E-state index contributed by atoms with van der Waals surface area (Å²) in [5, 5.41) is 3.08. The van der Waals surface area contributed by atoms with Crippen LogP contribution in [0.4, 0.5) is 0 Å². The van der Waals surface area contributed by atoms with Crippen molar-refractivity contribution in [3.63, 3.8) is 0 Å². The molecule has 1 saturated carbocycles. The number of rotatable bonds is 9. The van der Waals surface area contributed by atoms with Crippen LogP contribution in [0.3, 0.4) is 0 Å². The van der Waals surface area contributed by atoms with Crippen molar-refractivity contribution in [3.05, 3.63) is 35.4 Å². The second kappa shape index (κ2) is 10.9. The largest absolute Gasteiger partial charge is 0.346 e. The standard InChI is InChI=1S/C25H38N2O2/c1-19(2)16-23(26-25(29)14-13-20-8-3-4-9-20)24(28)18-27-15-7-12-21-10-5-6-11-22(21)17-27/h5-6,10-11,19-20,23H,3-4,7-9,12-18H2,1-2H3,(H,26,29)/t23-/m1/s1. The first-order valence-corrected chi connectivity index (χ1v) is 11.6. The third kappa shape index (κ3) is 6.95. The number of nitrogens with one attached hydrogen (secondary N) is 1. The summed E-state index contributed by atoms with van der Waals surface area (Å²) in [6, 6.07) is 8.20. The highest BCUT2D eigenvalue weighted by molar-refractivity contribution is 5.90. The SMILES string of the molecule is CC(C)C[C@@H](NC(=O)CCC1CCCC1)C(=O)CN1CCCc2ccccc2C1. The van der Waals surface area contributed by atoms with Crippen LogP contribution in [0.5, 0.6) is 0 Å². The Labute approximate surface area is 176 Å². The van der Waals surface area contributed by atoms with Crippen LogP contribution in [0.2, 0.25) is 0 Å². The summed E-state index contributed by atoms with van der Waals surface area (Å²) in [5.41, 5.74) is 2.74. The van der Waals surface area contributed by atoms with Gasteiger partial charge >= 0.3 is 0 Å². The van der Waals surface area contributed by atoms with E-state index in [1.165, 1.54) is 36.8 Å². The Morgan fingerprint density at radius 2 is 1.83 bits per heavy atom. The Morgan fingerprint density at radius 1 is 1.10 bits per heavy atom. The molecule has 1 heterocycles. The Hall–Kier alpha value is -1.68. The average molecular weight is 399 g/mol. The van der Waals surface area contributed by atoms with Crippen molar-refractivity contribution < 1.29 is 9.59 Å². The zero-order valence-electron chi connectivity index (χ0n) is 18.3. The molecule has 0 aromatic heterocycles. The van der Waals surface area contributed by atoms with Crippen LogP contribution in [-0.4, -0.2) is 35.7 Å². The Balaban J connectivity index is 1.54. The molecule has 1 aromatic carbocycles. The van der Waals surface area contributed by atoms with Crippen LogP contribution in [0.15, 0.2) is 24.3 Å². The molecule has 1 N–H and O–H groups in total. The van der Waals surface area contributed by atoms with Crippen molar-refractivity contribution in [2.24, 2.45) is 11.8 Å². The molecular weight excluding hydrogens is 360 g/mol. The quantitative estimate of drug-likeness (QED) is 0.666. The van der Waals surface area contributed by atoms with E-state index in [-0.39, 0.29) is 17.7 Å². The van der Waals surface area contributed by atoms with E-state index in [2.05, 4.69) is 48.3 Å². The van der Waals surface area contributed by atoms with Crippen molar-refractivity contribution in [2.75, 3.05) is 13.1 Å². The molecule has 0 spiro atoms. The maximum atomic E-state index is 13.1. The van der Waals surface area contributed by atoms with Crippen LogP contribution < -0.4 is 5.32 Å². The highest BCUT2D eigenvalue weighted by atomic mass is 16.2. The fourth-order valence-electron chi connectivity index (χ4n) is 4.88. The van der Waals surface area contributed by atoms with E-state index in [0.717, 1.165) is 38.8 Å². The topological polar surface area (TPSA) is 49.4 Å². The lowest BCUT2D eigenvalue weighted by Crippen LogP contribution is -2.46. The first-order valence-electron chi connectivity index (χ1n) is 11.6. The molecule has 4 heteroatoms. The molecule has 160 valence electrons. The number of amides is 1. The van der Waals surface area contributed by atoms with E-state index in [1.54, 1.807) is 0 Å². The molecule has 1 fully saturated rings. The first-order chi connectivity index (χ1) is 14.0. The number of fused-ring (bicyclic) bond motifs is 1. The molecule has 0 bridgehead atoms. The summed E-state index contributed by atoms with van der Waals surface area (Å²) in [5.74, 6) is 1.30. The third-order valence-electron chi connectivity index (χ3n) is 6.50. The van der Waals surface area contributed by atoms with Gasteiger partial charge in [-0.05, 0) is 55.2 Å². The summed E-state index contributed by atoms with van der Waals surface area (Å²) < 4.78 is 0. The molecule has 1 aliphatic carbocycles. The van der Waals surface area contributed by atoms with Crippen LogP contribution in [0, 0.1) is 11.8 Å². The molecule has 29 heavy (non-hydrogen) atoms. The zero-order valence-corrected chi connectivity index (χ0v) is 18.3. The number of carbonyl (C=O) groups is 2. The molecule has 0 saturated heterocycles. The molecule has 1 aliphatic heterocycles. The van der Waals surface area contributed by atoms with Crippen LogP contribution in [0.1, 0.15) is 76.3 Å². The second-order valence-corrected chi connectivity index (χ2v) is 9.49. The van der Waals surface area contributed by atoms with Gasteiger partial charge in [0.1, 0.15) is 0 Å².